The van der Waals surface area contributed by atoms with Crippen molar-refractivity contribution in [3.63, 3.8) is 0 Å². The highest BCUT2D eigenvalue weighted by Gasteiger charge is 2.26. The van der Waals surface area contributed by atoms with Crippen LogP contribution in [0.4, 0.5) is 17.6 Å². The molecule has 0 spiro atoms. The van der Waals surface area contributed by atoms with Gasteiger partial charge < -0.3 is 11.1 Å². The Morgan fingerprint density at radius 3 is 2.48 bits per heavy atom. The summed E-state index contributed by atoms with van der Waals surface area (Å²) in [6.07, 6.45) is 0.739. The Morgan fingerprint density at radius 1 is 1.24 bits per heavy atom. The SMILES string of the molecule is Cl.NCC(F)(F)CNC(=O)CCCc1ccc(F)c(F)c1. The van der Waals surface area contributed by atoms with Crippen molar-refractivity contribution < 1.29 is 22.4 Å². The van der Waals surface area contributed by atoms with Crippen molar-refractivity contribution in [2.24, 2.45) is 5.73 Å². The number of carbonyl (C=O) groups is 1. The van der Waals surface area contributed by atoms with Crippen LogP contribution in [0.1, 0.15) is 18.4 Å². The minimum absolute atomic E-state index is 0. The molecular weight excluding hydrogens is 312 g/mol. The van der Waals surface area contributed by atoms with Gasteiger partial charge in [0.2, 0.25) is 5.91 Å². The zero-order chi connectivity index (χ0) is 15.2. The molecule has 0 aliphatic carbocycles. The average Bonchev–Trinajstić information content (AvgIpc) is 2.41. The van der Waals surface area contributed by atoms with Crippen molar-refractivity contribution in [2.45, 2.75) is 25.2 Å². The number of benzene rings is 1. The molecule has 0 saturated heterocycles. The molecule has 0 atom stereocenters. The molecule has 1 rings (SSSR count). The van der Waals surface area contributed by atoms with E-state index in [2.05, 4.69) is 5.32 Å². The van der Waals surface area contributed by atoms with Crippen LogP contribution in [0.25, 0.3) is 0 Å². The number of aryl methyl sites for hydroxylation is 1. The van der Waals surface area contributed by atoms with Crippen LogP contribution in [0.3, 0.4) is 0 Å². The maximum absolute atomic E-state index is 12.9. The van der Waals surface area contributed by atoms with Gasteiger partial charge in [0.05, 0.1) is 13.1 Å². The summed E-state index contributed by atoms with van der Waals surface area (Å²) in [5.41, 5.74) is 5.37. The quantitative estimate of drug-likeness (QED) is 0.755. The molecule has 8 heteroatoms. The number of hydrogen-bond donors (Lipinski definition) is 2. The Labute approximate surface area is 126 Å². The van der Waals surface area contributed by atoms with E-state index in [0.29, 0.717) is 18.4 Å². The predicted molar refractivity (Wildman–Crippen MR) is 73.6 cm³/mol. The molecule has 0 bridgehead atoms. The molecule has 1 amide bonds. The highest BCUT2D eigenvalue weighted by Crippen LogP contribution is 2.12. The summed E-state index contributed by atoms with van der Waals surface area (Å²) in [4.78, 5) is 11.3. The van der Waals surface area contributed by atoms with E-state index in [-0.39, 0.29) is 18.8 Å². The average molecular weight is 329 g/mol. The van der Waals surface area contributed by atoms with Gasteiger partial charge in [-0.3, -0.25) is 4.79 Å². The van der Waals surface area contributed by atoms with Gasteiger partial charge in [-0.25, -0.2) is 17.6 Å². The number of carbonyl (C=O) groups excluding carboxylic acids is 1. The molecule has 0 saturated carbocycles. The van der Waals surface area contributed by atoms with Crippen LogP contribution in [-0.4, -0.2) is 24.9 Å². The fourth-order valence-electron chi connectivity index (χ4n) is 1.54. The monoisotopic (exact) mass is 328 g/mol. The minimum Gasteiger partial charge on any atom is -0.350 e. The van der Waals surface area contributed by atoms with E-state index < -0.39 is 36.6 Å². The second-order valence-corrected chi connectivity index (χ2v) is 4.44. The van der Waals surface area contributed by atoms with Gasteiger partial charge in [-0.2, -0.15) is 0 Å². The summed E-state index contributed by atoms with van der Waals surface area (Å²) < 4.78 is 51.1. The third-order valence-corrected chi connectivity index (χ3v) is 2.70. The maximum atomic E-state index is 12.9. The molecule has 0 heterocycles. The second-order valence-electron chi connectivity index (χ2n) is 4.44. The van der Waals surface area contributed by atoms with Crippen molar-refractivity contribution in [2.75, 3.05) is 13.1 Å². The van der Waals surface area contributed by atoms with Gasteiger partial charge in [-0.1, -0.05) is 6.07 Å². The molecule has 0 aromatic heterocycles. The molecule has 0 aliphatic rings. The van der Waals surface area contributed by atoms with Gasteiger partial charge in [-0.05, 0) is 30.5 Å². The third kappa shape index (κ3) is 7.29. The smallest absolute Gasteiger partial charge is 0.277 e. The molecule has 3 N–H and O–H groups in total. The molecule has 21 heavy (non-hydrogen) atoms. The predicted octanol–water partition coefficient (Wildman–Crippen LogP) is 2.42. The molecule has 3 nitrogen and oxygen atoms in total. The van der Waals surface area contributed by atoms with E-state index in [4.69, 9.17) is 5.73 Å². The van der Waals surface area contributed by atoms with Gasteiger partial charge in [-0.15, -0.1) is 12.4 Å². The van der Waals surface area contributed by atoms with E-state index in [1.165, 1.54) is 6.07 Å². The highest BCUT2D eigenvalue weighted by atomic mass is 35.5. The van der Waals surface area contributed by atoms with Crippen molar-refractivity contribution in [1.29, 1.82) is 0 Å². The summed E-state index contributed by atoms with van der Waals surface area (Å²) in [5, 5.41) is 2.08. The van der Waals surface area contributed by atoms with Crippen LogP contribution < -0.4 is 11.1 Å². The van der Waals surface area contributed by atoms with E-state index in [1.54, 1.807) is 0 Å². The summed E-state index contributed by atoms with van der Waals surface area (Å²) in [7, 11) is 0. The zero-order valence-electron chi connectivity index (χ0n) is 11.2. The Bertz CT molecular complexity index is 471. The fourth-order valence-corrected chi connectivity index (χ4v) is 1.54. The molecule has 0 aliphatic heterocycles. The summed E-state index contributed by atoms with van der Waals surface area (Å²) in [6.45, 7) is -1.63. The molecular formula is C13H17ClF4N2O. The summed E-state index contributed by atoms with van der Waals surface area (Å²) in [6, 6.07) is 3.47. The number of rotatable bonds is 7. The fraction of sp³-hybridized carbons (Fsp3) is 0.462. The van der Waals surface area contributed by atoms with Gasteiger partial charge in [0, 0.05) is 6.42 Å². The van der Waals surface area contributed by atoms with E-state index in [1.807, 2.05) is 0 Å². The Balaban J connectivity index is 0.00000400. The first kappa shape index (κ1) is 19.7. The molecule has 0 unspecified atom stereocenters. The summed E-state index contributed by atoms with van der Waals surface area (Å²) in [5.74, 6) is -5.53. The van der Waals surface area contributed by atoms with Crippen molar-refractivity contribution >= 4 is 18.3 Å². The zero-order valence-corrected chi connectivity index (χ0v) is 12.0. The van der Waals surface area contributed by atoms with Crippen molar-refractivity contribution in [3.8, 4) is 0 Å². The van der Waals surface area contributed by atoms with E-state index in [0.717, 1.165) is 12.1 Å². The van der Waals surface area contributed by atoms with E-state index in [9.17, 15) is 22.4 Å². The largest absolute Gasteiger partial charge is 0.350 e. The van der Waals surface area contributed by atoms with Crippen LogP contribution in [0, 0.1) is 11.6 Å². The molecule has 0 fully saturated rings. The van der Waals surface area contributed by atoms with Crippen LogP contribution >= 0.6 is 12.4 Å². The van der Waals surface area contributed by atoms with Gasteiger partial charge in [0.25, 0.3) is 5.92 Å². The molecule has 0 radical (unpaired) electrons. The Kier molecular flexibility index (Phi) is 8.27. The van der Waals surface area contributed by atoms with Gasteiger partial charge in [0.1, 0.15) is 0 Å². The standard InChI is InChI=1S/C13H16F4N2O.ClH/c14-10-5-4-9(6-11(10)15)2-1-3-12(20)19-8-13(16,17)7-18;/h4-6H,1-3,7-8,18H2,(H,19,20);1H. The number of nitrogens with two attached hydrogens (primary N) is 1. The first-order chi connectivity index (χ1) is 9.34. The van der Waals surface area contributed by atoms with Gasteiger partial charge >= 0.3 is 0 Å². The number of alkyl halides is 2. The normalized spacial score (nSPS) is 10.9. The Morgan fingerprint density at radius 2 is 1.90 bits per heavy atom. The molecule has 1 aromatic rings. The van der Waals surface area contributed by atoms with Gasteiger partial charge in [0.15, 0.2) is 11.6 Å². The number of halogens is 5. The van der Waals surface area contributed by atoms with E-state index >= 15 is 0 Å². The first-order valence-corrected chi connectivity index (χ1v) is 6.12. The lowest BCUT2D eigenvalue weighted by molar-refractivity contribution is -0.122. The van der Waals surface area contributed by atoms with Crippen LogP contribution in [0.5, 0.6) is 0 Å². The highest BCUT2D eigenvalue weighted by molar-refractivity contribution is 5.85. The number of nitrogens with one attached hydrogen (secondary N) is 1. The molecule has 1 aromatic carbocycles. The Hall–Kier alpha value is -1.34. The topological polar surface area (TPSA) is 55.1 Å². The first-order valence-electron chi connectivity index (χ1n) is 6.12. The van der Waals surface area contributed by atoms with Crippen molar-refractivity contribution in [1.82, 2.24) is 5.32 Å². The number of hydrogen-bond acceptors (Lipinski definition) is 2. The second kappa shape index (κ2) is 8.84. The lowest BCUT2D eigenvalue weighted by Crippen LogP contribution is -2.41. The van der Waals surface area contributed by atoms with Crippen LogP contribution in [0.2, 0.25) is 0 Å². The molecule has 120 valence electrons. The van der Waals surface area contributed by atoms with Crippen LogP contribution in [0.15, 0.2) is 18.2 Å². The lowest BCUT2D eigenvalue weighted by atomic mass is 10.1. The summed E-state index contributed by atoms with van der Waals surface area (Å²) >= 11 is 0. The van der Waals surface area contributed by atoms with Crippen LogP contribution in [-0.2, 0) is 11.2 Å². The van der Waals surface area contributed by atoms with Crippen molar-refractivity contribution in [3.05, 3.63) is 35.4 Å². The minimum atomic E-state index is -3.12. The number of amides is 1. The third-order valence-electron chi connectivity index (χ3n) is 2.70. The maximum Gasteiger partial charge on any atom is 0.277 e. The lowest BCUT2D eigenvalue weighted by Gasteiger charge is -2.14.